The number of benzene rings is 1. The van der Waals surface area contributed by atoms with E-state index in [4.69, 9.17) is 4.74 Å². The van der Waals surface area contributed by atoms with Crippen molar-refractivity contribution in [2.45, 2.75) is 27.2 Å². The number of thiazole rings is 1. The molecule has 0 aliphatic rings. The van der Waals surface area contributed by atoms with Gasteiger partial charge in [0.15, 0.2) is 0 Å². The van der Waals surface area contributed by atoms with Crippen molar-refractivity contribution in [2.75, 3.05) is 19.0 Å². The van der Waals surface area contributed by atoms with Crippen molar-refractivity contribution in [1.29, 1.82) is 0 Å². The van der Waals surface area contributed by atoms with E-state index in [1.54, 1.807) is 24.6 Å². The molecule has 2 aromatic heterocycles. The third-order valence-corrected chi connectivity index (χ3v) is 5.02. The number of hydrogen-bond donors (Lipinski definition) is 1. The van der Waals surface area contributed by atoms with Gasteiger partial charge in [-0.15, -0.1) is 11.3 Å². The number of nitrogens with zero attached hydrogens (tertiary/aromatic N) is 3. The molecule has 130 valence electrons. The first-order valence-corrected chi connectivity index (χ1v) is 9.01. The van der Waals surface area contributed by atoms with Crippen molar-refractivity contribution < 1.29 is 4.74 Å². The molecule has 25 heavy (non-hydrogen) atoms. The summed E-state index contributed by atoms with van der Waals surface area (Å²) in [6.07, 6.45) is 2.64. The van der Waals surface area contributed by atoms with Crippen LogP contribution < -0.4 is 5.32 Å². The minimum atomic E-state index is 0.578. The van der Waals surface area contributed by atoms with Gasteiger partial charge in [-0.1, -0.05) is 6.07 Å². The van der Waals surface area contributed by atoms with Crippen molar-refractivity contribution in [3.8, 4) is 10.7 Å². The fourth-order valence-corrected chi connectivity index (χ4v) is 3.69. The van der Waals surface area contributed by atoms with Crippen LogP contribution in [0.4, 0.5) is 11.6 Å². The molecule has 5 nitrogen and oxygen atoms in total. The lowest BCUT2D eigenvalue weighted by molar-refractivity contribution is 0.203. The number of methoxy groups -OCH3 is 1. The number of aryl methyl sites for hydroxylation is 3. The molecule has 0 aliphatic carbocycles. The quantitative estimate of drug-likeness (QED) is 0.708. The van der Waals surface area contributed by atoms with E-state index in [-0.39, 0.29) is 0 Å². The Morgan fingerprint density at radius 3 is 2.56 bits per heavy atom. The summed E-state index contributed by atoms with van der Waals surface area (Å²) >= 11 is 1.66. The third kappa shape index (κ3) is 4.41. The highest BCUT2D eigenvalue weighted by atomic mass is 32.1. The van der Waals surface area contributed by atoms with Gasteiger partial charge in [0.05, 0.1) is 12.3 Å². The highest BCUT2D eigenvalue weighted by Gasteiger charge is 2.11. The Morgan fingerprint density at radius 2 is 1.84 bits per heavy atom. The van der Waals surface area contributed by atoms with Crippen LogP contribution >= 0.6 is 11.3 Å². The Balaban J connectivity index is 1.84. The van der Waals surface area contributed by atoms with Crippen LogP contribution in [0.3, 0.4) is 0 Å². The van der Waals surface area contributed by atoms with E-state index in [2.05, 4.69) is 52.3 Å². The molecule has 0 fully saturated rings. The van der Waals surface area contributed by atoms with E-state index >= 15 is 0 Å². The van der Waals surface area contributed by atoms with Gasteiger partial charge in [-0.3, -0.25) is 0 Å². The predicted octanol–water partition coefficient (Wildman–Crippen LogP) is 4.46. The molecule has 3 rings (SSSR count). The molecule has 1 N–H and O–H groups in total. The van der Waals surface area contributed by atoms with Crippen LogP contribution in [-0.2, 0) is 11.2 Å². The molecule has 1 aromatic carbocycles. The molecule has 0 spiro atoms. The summed E-state index contributed by atoms with van der Waals surface area (Å²) in [4.78, 5) is 14.9. The second kappa shape index (κ2) is 7.72. The number of rotatable bonds is 6. The van der Waals surface area contributed by atoms with E-state index < -0.39 is 0 Å². The van der Waals surface area contributed by atoms with Crippen molar-refractivity contribution in [2.24, 2.45) is 0 Å². The third-order valence-electron chi connectivity index (χ3n) is 3.78. The number of anilines is 2. The van der Waals surface area contributed by atoms with Crippen LogP contribution in [-0.4, -0.2) is 28.7 Å². The van der Waals surface area contributed by atoms with E-state index in [9.17, 15) is 0 Å². The van der Waals surface area contributed by atoms with Gasteiger partial charge in [0.2, 0.25) is 5.95 Å². The first kappa shape index (κ1) is 17.5. The highest BCUT2D eigenvalue weighted by Crippen LogP contribution is 2.28. The van der Waals surface area contributed by atoms with E-state index in [0.29, 0.717) is 12.6 Å². The van der Waals surface area contributed by atoms with Crippen LogP contribution in [0.2, 0.25) is 0 Å². The van der Waals surface area contributed by atoms with Gasteiger partial charge < -0.3 is 10.1 Å². The summed E-state index contributed by atoms with van der Waals surface area (Å²) in [6.45, 7) is 6.89. The number of nitrogens with one attached hydrogen (secondary N) is 1. The van der Waals surface area contributed by atoms with Crippen molar-refractivity contribution in [1.82, 2.24) is 15.0 Å². The fraction of sp³-hybridized carbons (Fsp3) is 0.316. The van der Waals surface area contributed by atoms with Gasteiger partial charge >= 0.3 is 0 Å². The van der Waals surface area contributed by atoms with Crippen LogP contribution in [0.25, 0.3) is 10.7 Å². The molecule has 6 heteroatoms. The summed E-state index contributed by atoms with van der Waals surface area (Å²) in [6, 6.07) is 8.20. The largest absolute Gasteiger partial charge is 0.384 e. The SMILES string of the molecule is COCCc1sc(-c2ccnc(Nc3cc(C)cc(C)c3)n2)nc1C. The maximum Gasteiger partial charge on any atom is 0.227 e. The first-order valence-electron chi connectivity index (χ1n) is 8.19. The summed E-state index contributed by atoms with van der Waals surface area (Å²) in [7, 11) is 1.71. The Bertz CT molecular complexity index is 855. The van der Waals surface area contributed by atoms with Crippen LogP contribution in [0.1, 0.15) is 21.7 Å². The summed E-state index contributed by atoms with van der Waals surface area (Å²) in [5.74, 6) is 0.578. The number of aromatic nitrogens is 3. The molecule has 0 atom stereocenters. The van der Waals surface area contributed by atoms with Crippen LogP contribution in [0.5, 0.6) is 0 Å². The van der Waals surface area contributed by atoms with Crippen LogP contribution in [0.15, 0.2) is 30.5 Å². The Morgan fingerprint density at radius 1 is 1.08 bits per heavy atom. The zero-order chi connectivity index (χ0) is 17.8. The number of ether oxygens (including phenoxy) is 1. The van der Waals surface area contributed by atoms with Gasteiger partial charge in [-0.05, 0) is 50.1 Å². The van der Waals surface area contributed by atoms with Crippen molar-refractivity contribution in [3.05, 3.63) is 52.2 Å². The maximum atomic E-state index is 5.16. The van der Waals surface area contributed by atoms with E-state index in [1.165, 1.54) is 16.0 Å². The lowest BCUT2D eigenvalue weighted by Crippen LogP contribution is -1.98. The summed E-state index contributed by atoms with van der Waals surface area (Å²) < 4.78 is 5.16. The predicted molar refractivity (Wildman–Crippen MR) is 103 cm³/mol. The smallest absolute Gasteiger partial charge is 0.227 e. The zero-order valence-electron chi connectivity index (χ0n) is 15.0. The topological polar surface area (TPSA) is 59.9 Å². The van der Waals surface area contributed by atoms with E-state index in [0.717, 1.165) is 28.5 Å². The minimum absolute atomic E-state index is 0.578. The minimum Gasteiger partial charge on any atom is -0.384 e. The average molecular weight is 354 g/mol. The van der Waals surface area contributed by atoms with Gasteiger partial charge in [0.25, 0.3) is 0 Å². The normalized spacial score (nSPS) is 10.9. The molecule has 0 saturated carbocycles. The maximum absolute atomic E-state index is 5.16. The zero-order valence-corrected chi connectivity index (χ0v) is 15.8. The lowest BCUT2D eigenvalue weighted by atomic mass is 10.1. The molecule has 0 bridgehead atoms. The second-order valence-electron chi connectivity index (χ2n) is 6.04. The van der Waals surface area contributed by atoms with Crippen molar-refractivity contribution in [3.63, 3.8) is 0 Å². The molecule has 0 amide bonds. The molecule has 2 heterocycles. The first-order chi connectivity index (χ1) is 12.0. The number of hydrogen-bond acceptors (Lipinski definition) is 6. The average Bonchev–Trinajstić information content (AvgIpc) is 2.93. The standard InChI is InChI=1S/C19H22N4OS/c1-12-9-13(2)11-15(10-12)22-19-20-7-5-16(23-19)18-21-14(3)17(25-18)6-8-24-4/h5,7,9-11H,6,8H2,1-4H3,(H,20,22,23). The highest BCUT2D eigenvalue weighted by molar-refractivity contribution is 7.15. The molecule has 0 saturated heterocycles. The van der Waals surface area contributed by atoms with E-state index in [1.807, 2.05) is 13.0 Å². The lowest BCUT2D eigenvalue weighted by Gasteiger charge is -2.07. The molecule has 3 aromatic rings. The molecular formula is C19H22N4OS. The van der Waals surface area contributed by atoms with Gasteiger partial charge in [0.1, 0.15) is 10.7 Å². The molecule has 0 aliphatic heterocycles. The molecule has 0 radical (unpaired) electrons. The van der Waals surface area contributed by atoms with Gasteiger partial charge in [0, 0.05) is 30.3 Å². The van der Waals surface area contributed by atoms with Gasteiger partial charge in [-0.25, -0.2) is 15.0 Å². The Kier molecular flexibility index (Phi) is 5.40. The summed E-state index contributed by atoms with van der Waals surface area (Å²) in [5, 5.41) is 4.20. The second-order valence-corrected chi connectivity index (χ2v) is 7.12. The fourth-order valence-electron chi connectivity index (χ4n) is 2.68. The monoisotopic (exact) mass is 354 g/mol. The molecule has 0 unspecified atom stereocenters. The van der Waals surface area contributed by atoms with Crippen molar-refractivity contribution >= 4 is 23.0 Å². The van der Waals surface area contributed by atoms with Crippen LogP contribution in [0, 0.1) is 20.8 Å². The van der Waals surface area contributed by atoms with Gasteiger partial charge in [-0.2, -0.15) is 0 Å². The summed E-state index contributed by atoms with van der Waals surface area (Å²) in [5.41, 5.74) is 5.28. The Hall–Kier alpha value is -2.31. The molecular weight excluding hydrogens is 332 g/mol. The Labute approximate surface area is 152 Å².